The van der Waals surface area contributed by atoms with E-state index in [-0.39, 0.29) is 29.1 Å². The first kappa shape index (κ1) is 32.2. The van der Waals surface area contributed by atoms with Gasteiger partial charge in [0.25, 0.3) is 10.0 Å². The average molecular weight is 628 g/mol. The van der Waals surface area contributed by atoms with Crippen LogP contribution in [0.25, 0.3) is 0 Å². The number of methoxy groups -OCH3 is 1. The predicted octanol–water partition coefficient (Wildman–Crippen LogP) is 5.42. The molecule has 1 N–H and O–H groups in total. The van der Waals surface area contributed by atoms with Crippen LogP contribution in [0.5, 0.6) is 11.5 Å². The van der Waals surface area contributed by atoms with Gasteiger partial charge in [0.2, 0.25) is 11.8 Å². The second-order valence-electron chi connectivity index (χ2n) is 10.4. The van der Waals surface area contributed by atoms with E-state index < -0.39 is 28.5 Å². The van der Waals surface area contributed by atoms with Crippen LogP contribution in [0.1, 0.15) is 45.1 Å². The fourth-order valence-corrected chi connectivity index (χ4v) is 6.68. The summed E-state index contributed by atoms with van der Waals surface area (Å²) in [7, 11) is -2.71. The highest BCUT2D eigenvalue weighted by Crippen LogP contribution is 2.33. The Hall–Kier alpha value is -3.76. The lowest BCUT2D eigenvalue weighted by atomic mass is 10.1. The molecule has 43 heavy (non-hydrogen) atoms. The van der Waals surface area contributed by atoms with Gasteiger partial charge in [-0.1, -0.05) is 48.7 Å². The second-order valence-corrected chi connectivity index (χ2v) is 12.7. The van der Waals surface area contributed by atoms with E-state index in [2.05, 4.69) is 5.32 Å². The SMILES string of the molecule is CCOc1ccccc1N(CC(=O)N(Cc1cccc(OC)c1)[C@H](C)C(=O)NC1CCCC1)S(=O)(=O)c1ccc(Cl)cc1. The first-order chi connectivity index (χ1) is 20.6. The number of nitrogens with zero attached hydrogens (tertiary/aromatic N) is 2. The van der Waals surface area contributed by atoms with Gasteiger partial charge in [-0.05, 0) is 80.8 Å². The van der Waals surface area contributed by atoms with Crippen molar-refractivity contribution >= 4 is 39.1 Å². The van der Waals surface area contributed by atoms with Crippen LogP contribution in [0.4, 0.5) is 5.69 Å². The number of rotatable bonds is 13. The van der Waals surface area contributed by atoms with Crippen LogP contribution < -0.4 is 19.1 Å². The Balaban J connectivity index is 1.73. The minimum atomic E-state index is -4.26. The zero-order valence-corrected chi connectivity index (χ0v) is 26.2. The van der Waals surface area contributed by atoms with Crippen LogP contribution in [0, 0.1) is 0 Å². The zero-order chi connectivity index (χ0) is 31.0. The van der Waals surface area contributed by atoms with Crippen LogP contribution in [0.15, 0.2) is 77.7 Å². The number of anilines is 1. The maximum absolute atomic E-state index is 14.2. The van der Waals surface area contributed by atoms with Crippen molar-refractivity contribution in [2.75, 3.05) is 24.6 Å². The Labute approximate surface area is 258 Å². The summed E-state index contributed by atoms with van der Waals surface area (Å²) >= 11 is 6.04. The Morgan fingerprint density at radius 1 is 1.02 bits per heavy atom. The third-order valence-electron chi connectivity index (χ3n) is 7.47. The van der Waals surface area contributed by atoms with E-state index in [0.717, 1.165) is 35.6 Å². The highest BCUT2D eigenvalue weighted by Gasteiger charge is 2.34. The van der Waals surface area contributed by atoms with Crippen LogP contribution in [-0.2, 0) is 26.2 Å². The number of amides is 2. The quantitative estimate of drug-likeness (QED) is 0.271. The summed E-state index contributed by atoms with van der Waals surface area (Å²) in [5.74, 6) is 0.0676. The molecule has 1 saturated carbocycles. The standard InChI is InChI=1S/C32H38ClN3O6S/c1-4-42-30-15-8-7-14-29(30)36(43(39,40)28-18-16-25(33)17-19-28)22-31(37)35(21-24-10-9-13-27(20-24)41-3)23(2)32(38)34-26-11-5-6-12-26/h7-10,13-20,23,26H,4-6,11-12,21-22H2,1-3H3,(H,34,38)/t23-/m1/s1. The third kappa shape index (κ3) is 8.00. The lowest BCUT2D eigenvalue weighted by Gasteiger charge is -2.33. The number of carbonyl (C=O) groups is 2. The number of halogens is 1. The molecule has 0 aromatic heterocycles. The molecule has 0 aliphatic heterocycles. The van der Waals surface area contributed by atoms with E-state index >= 15 is 0 Å². The van der Waals surface area contributed by atoms with Gasteiger partial charge in [-0.25, -0.2) is 8.42 Å². The van der Waals surface area contributed by atoms with Crippen molar-refractivity contribution in [1.29, 1.82) is 0 Å². The van der Waals surface area contributed by atoms with Crippen molar-refractivity contribution in [3.63, 3.8) is 0 Å². The summed E-state index contributed by atoms with van der Waals surface area (Å²) < 4.78 is 40.3. The van der Waals surface area contributed by atoms with Crippen LogP contribution in [0.3, 0.4) is 0 Å². The first-order valence-electron chi connectivity index (χ1n) is 14.4. The van der Waals surface area contributed by atoms with Gasteiger partial charge in [-0.3, -0.25) is 13.9 Å². The molecule has 3 aromatic rings. The summed E-state index contributed by atoms with van der Waals surface area (Å²) in [4.78, 5) is 29.0. The molecule has 0 bridgehead atoms. The highest BCUT2D eigenvalue weighted by molar-refractivity contribution is 7.92. The summed E-state index contributed by atoms with van der Waals surface area (Å²) in [6, 6.07) is 18.8. The Bertz CT molecular complexity index is 1510. The topological polar surface area (TPSA) is 105 Å². The van der Waals surface area contributed by atoms with Crippen molar-refractivity contribution in [3.8, 4) is 11.5 Å². The van der Waals surface area contributed by atoms with Crippen molar-refractivity contribution in [3.05, 3.63) is 83.4 Å². The molecule has 230 valence electrons. The number of carbonyl (C=O) groups excluding carboxylic acids is 2. The van der Waals surface area contributed by atoms with Gasteiger partial charge in [-0.15, -0.1) is 0 Å². The molecule has 0 unspecified atom stereocenters. The van der Waals surface area contributed by atoms with Gasteiger partial charge in [0.15, 0.2) is 0 Å². The van der Waals surface area contributed by atoms with Crippen molar-refractivity contribution in [1.82, 2.24) is 10.2 Å². The lowest BCUT2D eigenvalue weighted by molar-refractivity contribution is -0.139. The van der Waals surface area contributed by atoms with E-state index in [1.807, 2.05) is 6.07 Å². The molecule has 3 aromatic carbocycles. The minimum Gasteiger partial charge on any atom is -0.497 e. The number of benzene rings is 3. The van der Waals surface area contributed by atoms with Crippen molar-refractivity contribution < 1.29 is 27.5 Å². The van der Waals surface area contributed by atoms with Crippen LogP contribution in [-0.4, -0.2) is 57.5 Å². The highest BCUT2D eigenvalue weighted by atomic mass is 35.5. The minimum absolute atomic E-state index is 0.0395. The van der Waals surface area contributed by atoms with E-state index in [0.29, 0.717) is 23.1 Å². The van der Waals surface area contributed by atoms with Gasteiger partial charge >= 0.3 is 0 Å². The van der Waals surface area contributed by atoms with Gasteiger partial charge in [0.1, 0.15) is 24.1 Å². The van der Waals surface area contributed by atoms with Crippen molar-refractivity contribution in [2.45, 2.75) is 63.1 Å². The molecule has 11 heteroatoms. The molecule has 0 heterocycles. The normalized spacial score (nSPS) is 14.1. The summed E-state index contributed by atoms with van der Waals surface area (Å²) in [6.45, 7) is 3.24. The van der Waals surface area contributed by atoms with E-state index in [4.69, 9.17) is 21.1 Å². The van der Waals surface area contributed by atoms with E-state index in [1.54, 1.807) is 63.4 Å². The predicted molar refractivity (Wildman–Crippen MR) is 167 cm³/mol. The molecule has 4 rings (SSSR count). The second kappa shape index (κ2) is 14.6. The molecule has 0 spiro atoms. The largest absolute Gasteiger partial charge is 0.497 e. The van der Waals surface area contributed by atoms with Gasteiger partial charge in [0, 0.05) is 17.6 Å². The Morgan fingerprint density at radius 2 is 1.72 bits per heavy atom. The lowest BCUT2D eigenvalue weighted by Crippen LogP contribution is -2.52. The molecular weight excluding hydrogens is 590 g/mol. The fraction of sp³-hybridized carbons (Fsp3) is 0.375. The molecule has 1 aliphatic carbocycles. The Kier molecular flexibility index (Phi) is 10.9. The number of nitrogens with one attached hydrogen (secondary N) is 1. The molecule has 0 saturated heterocycles. The molecular formula is C32H38ClN3O6S. The fourth-order valence-electron chi connectivity index (χ4n) is 5.13. The number of hydrogen-bond donors (Lipinski definition) is 1. The summed E-state index contributed by atoms with van der Waals surface area (Å²) in [5, 5.41) is 3.45. The summed E-state index contributed by atoms with van der Waals surface area (Å²) in [5.41, 5.74) is 0.937. The molecule has 1 atom stereocenters. The van der Waals surface area contributed by atoms with Gasteiger partial charge in [0.05, 0.1) is 24.3 Å². The number of para-hydroxylation sites is 2. The molecule has 0 radical (unpaired) electrons. The maximum Gasteiger partial charge on any atom is 0.264 e. The molecule has 1 fully saturated rings. The van der Waals surface area contributed by atoms with Crippen molar-refractivity contribution in [2.24, 2.45) is 0 Å². The number of sulfonamides is 1. The van der Waals surface area contributed by atoms with E-state index in [1.165, 1.54) is 29.2 Å². The third-order valence-corrected chi connectivity index (χ3v) is 9.50. The van der Waals surface area contributed by atoms with E-state index in [9.17, 15) is 18.0 Å². The van der Waals surface area contributed by atoms with Crippen LogP contribution in [0.2, 0.25) is 5.02 Å². The molecule has 2 amide bonds. The van der Waals surface area contributed by atoms with Gasteiger partial charge in [-0.2, -0.15) is 0 Å². The number of hydrogen-bond acceptors (Lipinski definition) is 6. The Morgan fingerprint density at radius 3 is 2.40 bits per heavy atom. The van der Waals surface area contributed by atoms with Crippen LogP contribution >= 0.6 is 11.6 Å². The first-order valence-corrected chi connectivity index (χ1v) is 16.2. The smallest absolute Gasteiger partial charge is 0.264 e. The molecule has 9 nitrogen and oxygen atoms in total. The summed E-state index contributed by atoms with van der Waals surface area (Å²) in [6.07, 6.45) is 3.87. The zero-order valence-electron chi connectivity index (χ0n) is 24.7. The molecule has 1 aliphatic rings. The van der Waals surface area contributed by atoms with Gasteiger partial charge < -0.3 is 19.7 Å². The maximum atomic E-state index is 14.2. The monoisotopic (exact) mass is 627 g/mol. The average Bonchev–Trinajstić information content (AvgIpc) is 3.52. The number of ether oxygens (including phenoxy) is 2.